The van der Waals surface area contributed by atoms with Crippen LogP contribution in [-0.2, 0) is 6.54 Å². The molecule has 22 heavy (non-hydrogen) atoms. The summed E-state index contributed by atoms with van der Waals surface area (Å²) in [6.45, 7) is 7.30. The molecule has 2 aromatic rings. The maximum atomic E-state index is 4.59. The van der Waals surface area contributed by atoms with E-state index in [1.807, 2.05) is 24.4 Å². The third kappa shape index (κ3) is 4.18. The lowest BCUT2D eigenvalue weighted by Crippen LogP contribution is -2.43. The molecule has 3 nitrogen and oxygen atoms in total. The van der Waals surface area contributed by atoms with Crippen molar-refractivity contribution in [3.8, 4) is 0 Å². The van der Waals surface area contributed by atoms with Crippen molar-refractivity contribution in [3.63, 3.8) is 0 Å². The van der Waals surface area contributed by atoms with E-state index in [1.54, 1.807) is 0 Å². The fraction of sp³-hybridized carbons (Fsp3) is 0.316. The van der Waals surface area contributed by atoms with Gasteiger partial charge in [0.05, 0.1) is 6.21 Å². The minimum Gasteiger partial charge on any atom is -0.295 e. The van der Waals surface area contributed by atoms with Crippen molar-refractivity contribution >= 4 is 6.21 Å². The van der Waals surface area contributed by atoms with Crippen LogP contribution >= 0.6 is 0 Å². The van der Waals surface area contributed by atoms with Crippen LogP contribution in [0.3, 0.4) is 0 Å². The first kappa shape index (κ1) is 14.8. The minimum absolute atomic E-state index is 0.995. The van der Waals surface area contributed by atoms with Crippen LogP contribution in [-0.4, -0.2) is 42.3 Å². The summed E-state index contributed by atoms with van der Waals surface area (Å²) in [7, 11) is 0. The average molecular weight is 293 g/mol. The first-order chi connectivity index (χ1) is 10.8. The number of hydrazone groups is 1. The highest BCUT2D eigenvalue weighted by molar-refractivity contribution is 5.79. The number of nitrogens with zero attached hydrogens (tertiary/aromatic N) is 3. The summed E-state index contributed by atoms with van der Waals surface area (Å²) < 4.78 is 0. The first-order valence-electron chi connectivity index (χ1n) is 7.91. The average Bonchev–Trinajstić information content (AvgIpc) is 2.57. The van der Waals surface area contributed by atoms with Gasteiger partial charge in [-0.05, 0) is 18.1 Å². The monoisotopic (exact) mass is 293 g/mol. The van der Waals surface area contributed by atoms with Gasteiger partial charge in [0.15, 0.2) is 0 Å². The van der Waals surface area contributed by atoms with Crippen LogP contribution in [0.2, 0.25) is 0 Å². The van der Waals surface area contributed by atoms with Gasteiger partial charge in [0.1, 0.15) is 0 Å². The molecule has 0 bridgehead atoms. The Balaban J connectivity index is 1.48. The molecule has 0 radical (unpaired) electrons. The van der Waals surface area contributed by atoms with Crippen LogP contribution in [0.15, 0.2) is 59.7 Å². The Morgan fingerprint density at radius 2 is 1.59 bits per heavy atom. The van der Waals surface area contributed by atoms with Gasteiger partial charge in [-0.25, -0.2) is 0 Å². The summed E-state index contributed by atoms with van der Waals surface area (Å²) in [5.74, 6) is 0. The van der Waals surface area contributed by atoms with E-state index in [-0.39, 0.29) is 0 Å². The van der Waals surface area contributed by atoms with Gasteiger partial charge in [-0.15, -0.1) is 0 Å². The Hall–Kier alpha value is -2.13. The van der Waals surface area contributed by atoms with Gasteiger partial charge in [0.2, 0.25) is 0 Å². The molecule has 1 saturated heterocycles. The molecule has 1 fully saturated rings. The van der Waals surface area contributed by atoms with E-state index < -0.39 is 0 Å². The van der Waals surface area contributed by atoms with Gasteiger partial charge >= 0.3 is 0 Å². The fourth-order valence-corrected chi connectivity index (χ4v) is 2.65. The van der Waals surface area contributed by atoms with Crippen LogP contribution in [0.1, 0.15) is 16.7 Å². The molecule has 1 aliphatic rings. The van der Waals surface area contributed by atoms with E-state index in [9.17, 15) is 0 Å². The maximum absolute atomic E-state index is 4.59. The summed E-state index contributed by atoms with van der Waals surface area (Å²) >= 11 is 0. The number of rotatable bonds is 4. The largest absolute Gasteiger partial charge is 0.295 e. The highest BCUT2D eigenvalue weighted by Gasteiger charge is 2.15. The fourth-order valence-electron chi connectivity index (χ4n) is 2.65. The summed E-state index contributed by atoms with van der Waals surface area (Å²) in [5, 5.41) is 6.75. The predicted molar refractivity (Wildman–Crippen MR) is 92.1 cm³/mol. The zero-order valence-electron chi connectivity index (χ0n) is 13.2. The lowest BCUT2D eigenvalue weighted by molar-refractivity contribution is 0.131. The summed E-state index contributed by atoms with van der Waals surface area (Å²) in [6.07, 6.45) is 1.95. The number of hydrogen-bond donors (Lipinski definition) is 0. The molecular formula is C19H23N3. The molecule has 2 aromatic carbocycles. The smallest absolute Gasteiger partial charge is 0.0542 e. The topological polar surface area (TPSA) is 18.8 Å². The standard InChI is InChI=1S/C19H23N3/c1-17-7-9-19(10-8-17)16-21-11-13-22(14-12-21)20-15-18-5-3-2-4-6-18/h2-10,15H,11-14,16H2,1H3/b20-15-. The molecular weight excluding hydrogens is 270 g/mol. The van der Waals surface area contributed by atoms with Crippen LogP contribution < -0.4 is 0 Å². The van der Waals surface area contributed by atoms with Gasteiger partial charge < -0.3 is 0 Å². The van der Waals surface area contributed by atoms with E-state index in [0.717, 1.165) is 38.3 Å². The zero-order chi connectivity index (χ0) is 15.2. The molecule has 0 spiro atoms. The Bertz CT molecular complexity index is 596. The third-order valence-corrected chi connectivity index (χ3v) is 4.05. The molecule has 3 heteroatoms. The van der Waals surface area contributed by atoms with Gasteiger partial charge in [-0.2, -0.15) is 5.10 Å². The van der Waals surface area contributed by atoms with Crippen molar-refractivity contribution in [3.05, 3.63) is 71.3 Å². The predicted octanol–water partition coefficient (Wildman–Crippen LogP) is 3.15. The Morgan fingerprint density at radius 1 is 0.909 bits per heavy atom. The molecule has 3 rings (SSSR count). The van der Waals surface area contributed by atoms with Crippen molar-refractivity contribution in [2.24, 2.45) is 5.10 Å². The van der Waals surface area contributed by atoms with Gasteiger partial charge in [-0.3, -0.25) is 9.91 Å². The highest BCUT2D eigenvalue weighted by atomic mass is 15.5. The number of piperazine rings is 1. The summed E-state index contributed by atoms with van der Waals surface area (Å²) in [5.41, 5.74) is 3.88. The first-order valence-corrected chi connectivity index (χ1v) is 7.91. The quantitative estimate of drug-likeness (QED) is 0.807. The molecule has 0 amide bonds. The lowest BCUT2D eigenvalue weighted by atomic mass is 10.1. The van der Waals surface area contributed by atoms with Crippen molar-refractivity contribution in [1.82, 2.24) is 9.91 Å². The van der Waals surface area contributed by atoms with Crippen LogP contribution in [0, 0.1) is 6.92 Å². The molecule has 0 aliphatic carbocycles. The van der Waals surface area contributed by atoms with E-state index in [2.05, 4.69) is 58.3 Å². The van der Waals surface area contributed by atoms with Crippen LogP contribution in [0.4, 0.5) is 0 Å². The third-order valence-electron chi connectivity index (χ3n) is 4.05. The Morgan fingerprint density at radius 3 is 2.27 bits per heavy atom. The Kier molecular flexibility index (Phi) is 4.86. The summed E-state index contributed by atoms with van der Waals surface area (Å²) in [4.78, 5) is 2.50. The molecule has 1 aliphatic heterocycles. The molecule has 0 aromatic heterocycles. The van der Waals surface area contributed by atoms with Gasteiger partial charge in [0, 0.05) is 32.7 Å². The number of aryl methyl sites for hydroxylation is 1. The molecule has 0 saturated carbocycles. The van der Waals surface area contributed by atoms with E-state index >= 15 is 0 Å². The molecule has 114 valence electrons. The number of hydrogen-bond acceptors (Lipinski definition) is 3. The maximum Gasteiger partial charge on any atom is 0.0542 e. The molecule has 1 heterocycles. The van der Waals surface area contributed by atoms with Crippen molar-refractivity contribution in [2.45, 2.75) is 13.5 Å². The van der Waals surface area contributed by atoms with Gasteiger partial charge in [-0.1, -0.05) is 60.2 Å². The molecule has 0 N–H and O–H groups in total. The van der Waals surface area contributed by atoms with Crippen LogP contribution in [0.25, 0.3) is 0 Å². The SMILES string of the molecule is Cc1ccc(CN2CCN(/N=C\c3ccccc3)CC2)cc1. The van der Waals surface area contributed by atoms with E-state index in [0.29, 0.717) is 0 Å². The van der Waals surface area contributed by atoms with Crippen molar-refractivity contribution in [2.75, 3.05) is 26.2 Å². The number of benzene rings is 2. The Labute approximate surface area is 132 Å². The second-order valence-electron chi connectivity index (χ2n) is 5.87. The second kappa shape index (κ2) is 7.23. The second-order valence-corrected chi connectivity index (χ2v) is 5.87. The summed E-state index contributed by atoms with van der Waals surface area (Å²) in [6, 6.07) is 19.1. The van der Waals surface area contributed by atoms with E-state index in [4.69, 9.17) is 0 Å². The van der Waals surface area contributed by atoms with E-state index in [1.165, 1.54) is 11.1 Å². The minimum atomic E-state index is 0.995. The zero-order valence-corrected chi connectivity index (χ0v) is 13.2. The van der Waals surface area contributed by atoms with Crippen molar-refractivity contribution < 1.29 is 0 Å². The highest BCUT2D eigenvalue weighted by Crippen LogP contribution is 2.10. The van der Waals surface area contributed by atoms with Gasteiger partial charge in [0.25, 0.3) is 0 Å². The lowest BCUT2D eigenvalue weighted by Gasteiger charge is -2.33. The molecule has 0 atom stereocenters. The van der Waals surface area contributed by atoms with Crippen molar-refractivity contribution in [1.29, 1.82) is 0 Å². The molecule has 0 unspecified atom stereocenters. The van der Waals surface area contributed by atoms with Crippen LogP contribution in [0.5, 0.6) is 0 Å². The normalized spacial score (nSPS) is 16.3.